The normalized spacial score (nSPS) is 14.7. The lowest BCUT2D eigenvalue weighted by Crippen LogP contribution is -2.44. The second-order valence-electron chi connectivity index (χ2n) is 8.27. The Balaban J connectivity index is 1.47. The fourth-order valence-corrected chi connectivity index (χ4v) is 3.86. The Bertz CT molecular complexity index is 1280. The van der Waals surface area contributed by atoms with E-state index in [2.05, 4.69) is 42.3 Å². The van der Waals surface area contributed by atoms with E-state index in [1.807, 2.05) is 32.0 Å². The predicted molar refractivity (Wildman–Crippen MR) is 124 cm³/mol. The number of benzene rings is 1. The number of ether oxygens (including phenoxy) is 1. The first-order valence-electron chi connectivity index (χ1n) is 11.0. The van der Waals surface area contributed by atoms with Crippen LogP contribution in [0, 0.1) is 12.7 Å². The molecule has 0 bridgehead atoms. The van der Waals surface area contributed by atoms with E-state index in [0.717, 1.165) is 55.2 Å². The van der Waals surface area contributed by atoms with Gasteiger partial charge < -0.3 is 29.4 Å². The van der Waals surface area contributed by atoms with Crippen molar-refractivity contribution in [2.75, 3.05) is 43.4 Å². The van der Waals surface area contributed by atoms with Gasteiger partial charge in [0.05, 0.1) is 11.2 Å². The van der Waals surface area contributed by atoms with Crippen LogP contribution in [0.3, 0.4) is 0 Å². The fourth-order valence-electron chi connectivity index (χ4n) is 3.86. The smallest absolute Gasteiger partial charge is 0.325 e. The molecule has 0 atom stereocenters. The van der Waals surface area contributed by atoms with Crippen LogP contribution in [0.1, 0.15) is 18.3 Å². The first-order valence-corrected chi connectivity index (χ1v) is 11.0. The summed E-state index contributed by atoms with van der Waals surface area (Å²) in [6.07, 6.45) is 0.766. The number of aromatic nitrogens is 4. The van der Waals surface area contributed by atoms with E-state index in [-0.39, 0.29) is 6.01 Å². The van der Waals surface area contributed by atoms with Crippen LogP contribution in [0.5, 0.6) is 11.8 Å². The van der Waals surface area contributed by atoms with Crippen LogP contribution in [0.4, 0.5) is 21.9 Å². The van der Waals surface area contributed by atoms with E-state index >= 15 is 0 Å². The fraction of sp³-hybridized carbons (Fsp3) is 0.348. The van der Waals surface area contributed by atoms with Gasteiger partial charge in [0.25, 0.3) is 0 Å². The van der Waals surface area contributed by atoms with Gasteiger partial charge in [0, 0.05) is 55.5 Å². The minimum Gasteiger partial charge on any atom is -0.424 e. The molecule has 4 aromatic rings. The SMILES string of the molecule is CCc1cc(Nc2cc(N3CCN(C)CC3)nc(Oc3cc(F)c4[nH]c(C)cc4c3)n2)on1. The molecule has 1 aliphatic heterocycles. The molecule has 9 nitrogen and oxygen atoms in total. The lowest BCUT2D eigenvalue weighted by Gasteiger charge is -2.33. The van der Waals surface area contributed by atoms with Crippen molar-refractivity contribution in [2.45, 2.75) is 20.3 Å². The Morgan fingerprint density at radius 3 is 2.70 bits per heavy atom. The standard InChI is InChI=1S/C23H26FN7O2/c1-4-16-11-21(33-29-16)26-19-13-20(31-7-5-30(3)6-8-31)28-23(27-19)32-17-10-15-9-14(2)25-22(15)18(24)12-17/h9-13,25H,4-8H2,1-3H3,(H,26,27,28). The maximum absolute atomic E-state index is 14.6. The highest BCUT2D eigenvalue weighted by Gasteiger charge is 2.19. The third kappa shape index (κ3) is 4.61. The van der Waals surface area contributed by atoms with E-state index in [4.69, 9.17) is 9.26 Å². The Morgan fingerprint density at radius 2 is 1.94 bits per heavy atom. The first kappa shape index (κ1) is 21.2. The van der Waals surface area contributed by atoms with Crippen molar-refractivity contribution in [3.8, 4) is 11.8 Å². The molecule has 1 fully saturated rings. The average Bonchev–Trinajstić information content (AvgIpc) is 3.40. The molecule has 2 N–H and O–H groups in total. The molecule has 0 amide bonds. The molecule has 0 aliphatic carbocycles. The first-order chi connectivity index (χ1) is 16.0. The Hall–Kier alpha value is -3.66. The summed E-state index contributed by atoms with van der Waals surface area (Å²) in [5.41, 5.74) is 2.17. The second-order valence-corrected chi connectivity index (χ2v) is 8.27. The highest BCUT2D eigenvalue weighted by molar-refractivity contribution is 5.82. The number of aromatic amines is 1. The molecular weight excluding hydrogens is 425 g/mol. The maximum atomic E-state index is 14.6. The van der Waals surface area contributed by atoms with E-state index < -0.39 is 5.82 Å². The minimum absolute atomic E-state index is 0.121. The van der Waals surface area contributed by atoms with Gasteiger partial charge in [0.2, 0.25) is 5.88 Å². The monoisotopic (exact) mass is 451 g/mol. The number of hydrogen-bond acceptors (Lipinski definition) is 8. The van der Waals surface area contributed by atoms with Crippen LogP contribution in [-0.2, 0) is 6.42 Å². The van der Waals surface area contributed by atoms with Crippen molar-refractivity contribution in [2.24, 2.45) is 0 Å². The van der Waals surface area contributed by atoms with Gasteiger partial charge in [0.1, 0.15) is 17.4 Å². The predicted octanol–water partition coefficient (Wildman–Crippen LogP) is 4.24. The topological polar surface area (TPSA) is 95.3 Å². The van der Waals surface area contributed by atoms with Gasteiger partial charge in [-0.3, -0.25) is 0 Å². The molecule has 3 aromatic heterocycles. The summed E-state index contributed by atoms with van der Waals surface area (Å²) >= 11 is 0. The van der Waals surface area contributed by atoms with Crippen molar-refractivity contribution < 1.29 is 13.7 Å². The molecule has 0 spiro atoms. The third-order valence-corrected chi connectivity index (χ3v) is 5.69. The molecule has 172 valence electrons. The zero-order valence-corrected chi connectivity index (χ0v) is 18.9. The average molecular weight is 452 g/mol. The molecule has 1 saturated heterocycles. The summed E-state index contributed by atoms with van der Waals surface area (Å²) in [6.45, 7) is 7.41. The van der Waals surface area contributed by atoms with Crippen molar-refractivity contribution in [3.05, 3.63) is 47.5 Å². The Kier molecular flexibility index (Phi) is 5.59. The molecule has 0 unspecified atom stereocenters. The number of likely N-dealkylation sites (N-methyl/N-ethyl adjacent to an activating group) is 1. The molecule has 0 radical (unpaired) electrons. The molecule has 10 heteroatoms. The maximum Gasteiger partial charge on any atom is 0.325 e. The van der Waals surface area contributed by atoms with Crippen molar-refractivity contribution in [3.63, 3.8) is 0 Å². The van der Waals surface area contributed by atoms with E-state index in [0.29, 0.717) is 23.0 Å². The largest absolute Gasteiger partial charge is 0.424 e. The second kappa shape index (κ2) is 8.70. The summed E-state index contributed by atoms with van der Waals surface area (Å²) in [6, 6.07) is 8.78. The van der Waals surface area contributed by atoms with Gasteiger partial charge in [-0.1, -0.05) is 12.1 Å². The molecule has 4 heterocycles. The Labute approximate surface area is 190 Å². The van der Waals surface area contributed by atoms with Gasteiger partial charge in [-0.2, -0.15) is 9.97 Å². The van der Waals surface area contributed by atoms with Crippen LogP contribution in [0.2, 0.25) is 0 Å². The van der Waals surface area contributed by atoms with Crippen LogP contribution in [0.25, 0.3) is 10.9 Å². The number of hydrogen-bond donors (Lipinski definition) is 2. The van der Waals surface area contributed by atoms with Crippen molar-refractivity contribution in [1.82, 2.24) is 25.0 Å². The van der Waals surface area contributed by atoms with E-state index in [1.54, 1.807) is 6.07 Å². The summed E-state index contributed by atoms with van der Waals surface area (Å²) < 4.78 is 25.9. The van der Waals surface area contributed by atoms with Crippen LogP contribution < -0.4 is 15.0 Å². The van der Waals surface area contributed by atoms with E-state index in [9.17, 15) is 4.39 Å². The molecule has 0 saturated carbocycles. The molecule has 33 heavy (non-hydrogen) atoms. The van der Waals surface area contributed by atoms with Crippen LogP contribution >= 0.6 is 0 Å². The number of halogens is 1. The molecule has 1 aromatic carbocycles. The van der Waals surface area contributed by atoms with Gasteiger partial charge in [-0.05, 0) is 32.5 Å². The number of rotatable bonds is 6. The summed E-state index contributed by atoms with van der Waals surface area (Å²) in [5.74, 6) is 1.65. The van der Waals surface area contributed by atoms with Gasteiger partial charge in [-0.15, -0.1) is 0 Å². The molecule has 1 aliphatic rings. The van der Waals surface area contributed by atoms with Crippen molar-refractivity contribution >= 4 is 28.4 Å². The van der Waals surface area contributed by atoms with Gasteiger partial charge in [-0.25, -0.2) is 4.39 Å². The number of aryl methyl sites for hydroxylation is 2. The zero-order valence-electron chi connectivity index (χ0n) is 18.9. The quantitative estimate of drug-likeness (QED) is 0.449. The molecule has 5 rings (SSSR count). The zero-order chi connectivity index (χ0) is 22.9. The number of anilines is 3. The van der Waals surface area contributed by atoms with Gasteiger partial charge in [0.15, 0.2) is 5.82 Å². The number of H-pyrrole nitrogens is 1. The number of nitrogens with zero attached hydrogens (tertiary/aromatic N) is 5. The summed E-state index contributed by atoms with van der Waals surface area (Å²) in [5, 5.41) is 7.88. The van der Waals surface area contributed by atoms with Crippen LogP contribution in [0.15, 0.2) is 34.9 Å². The number of nitrogens with one attached hydrogen (secondary N) is 2. The molecular formula is C23H26FN7O2. The Morgan fingerprint density at radius 1 is 1.12 bits per heavy atom. The third-order valence-electron chi connectivity index (χ3n) is 5.69. The minimum atomic E-state index is -0.391. The van der Waals surface area contributed by atoms with Gasteiger partial charge >= 0.3 is 6.01 Å². The highest BCUT2D eigenvalue weighted by Crippen LogP contribution is 2.30. The summed E-state index contributed by atoms with van der Waals surface area (Å²) in [7, 11) is 2.10. The highest BCUT2D eigenvalue weighted by atomic mass is 19.1. The number of piperazine rings is 1. The van der Waals surface area contributed by atoms with Crippen LogP contribution in [-0.4, -0.2) is 58.2 Å². The summed E-state index contributed by atoms with van der Waals surface area (Å²) in [4.78, 5) is 16.6. The van der Waals surface area contributed by atoms with Crippen molar-refractivity contribution in [1.29, 1.82) is 0 Å². The lowest BCUT2D eigenvalue weighted by molar-refractivity contribution is 0.311. The van der Waals surface area contributed by atoms with E-state index in [1.165, 1.54) is 6.07 Å². The lowest BCUT2D eigenvalue weighted by atomic mass is 10.2. The number of fused-ring (bicyclic) bond motifs is 1.